The Morgan fingerprint density at radius 3 is 1.92 bits per heavy atom. The van der Waals surface area contributed by atoms with Crippen molar-refractivity contribution in [3.63, 3.8) is 0 Å². The molecule has 0 unspecified atom stereocenters. The molecule has 0 bridgehead atoms. The Kier molecular flexibility index (Phi) is 9.04. The van der Waals surface area contributed by atoms with E-state index in [0.29, 0.717) is 0 Å². The van der Waals surface area contributed by atoms with Crippen molar-refractivity contribution in [1.82, 2.24) is 0 Å². The molecule has 0 aromatic rings. The van der Waals surface area contributed by atoms with E-state index in [-0.39, 0.29) is 13.0 Å². The highest BCUT2D eigenvalue weighted by molar-refractivity contribution is 5.63. The Morgan fingerprint density at radius 1 is 1.46 bits per heavy atom. The van der Waals surface area contributed by atoms with E-state index in [4.69, 9.17) is 15.3 Å². The third-order valence-electron chi connectivity index (χ3n) is 1.07. The summed E-state index contributed by atoms with van der Waals surface area (Å²) in [5, 5.41) is 33.3. The van der Waals surface area contributed by atoms with E-state index in [0.717, 1.165) is 12.8 Å². The van der Waals surface area contributed by atoms with Crippen LogP contribution >= 0.6 is 0 Å². The van der Waals surface area contributed by atoms with Gasteiger partial charge >= 0.3 is 5.97 Å². The topological polar surface area (TPSA) is 128 Å². The molecule has 0 saturated heterocycles. The van der Waals surface area contributed by atoms with Crippen LogP contribution in [0.3, 0.4) is 0 Å². The quantitative estimate of drug-likeness (QED) is 0.351. The lowest BCUT2D eigenvalue weighted by Crippen LogP contribution is -2.61. The van der Waals surface area contributed by atoms with Crippen molar-refractivity contribution in [2.45, 2.75) is 32.2 Å². The number of rotatable bonds is 4. The molecule has 13 heavy (non-hydrogen) atoms. The molecule has 0 aliphatic heterocycles. The van der Waals surface area contributed by atoms with Crippen LogP contribution in [0.25, 0.3) is 0 Å². The predicted molar refractivity (Wildman–Crippen MR) is 41.7 cm³/mol. The van der Waals surface area contributed by atoms with Crippen molar-refractivity contribution in [2.24, 2.45) is 0 Å². The number of carboxylic acid groups (broad SMARTS) is 1. The fraction of sp³-hybridized carbons (Fsp3) is 0.857. The van der Waals surface area contributed by atoms with Crippen molar-refractivity contribution in [3.05, 3.63) is 0 Å². The molecule has 0 aromatic heterocycles. The van der Waals surface area contributed by atoms with Crippen LogP contribution in [0.1, 0.15) is 26.2 Å². The van der Waals surface area contributed by atoms with E-state index in [9.17, 15) is 9.90 Å². The lowest BCUT2D eigenvalue weighted by molar-refractivity contribution is -0.474. The van der Waals surface area contributed by atoms with Gasteiger partial charge in [0, 0.05) is 5.97 Å². The number of carbonyl (C=O) groups excluding carboxylic acids is 1. The molecule has 0 amide bonds. The Hall–Kier alpha value is -0.690. The summed E-state index contributed by atoms with van der Waals surface area (Å²) in [5.41, 5.74) is 3.01. The van der Waals surface area contributed by atoms with Crippen LogP contribution in [-0.2, 0) is 4.79 Å². The van der Waals surface area contributed by atoms with Crippen molar-refractivity contribution in [1.29, 1.82) is 0 Å². The second-order valence-corrected chi connectivity index (χ2v) is 2.50. The molecule has 80 valence electrons. The average molecular weight is 195 g/mol. The summed E-state index contributed by atoms with van der Waals surface area (Å²) < 4.78 is 0. The van der Waals surface area contributed by atoms with Crippen LogP contribution in [0.4, 0.5) is 0 Å². The van der Waals surface area contributed by atoms with Gasteiger partial charge in [-0.25, -0.2) is 0 Å². The van der Waals surface area contributed by atoms with E-state index in [2.05, 4.69) is 5.73 Å². The number of hydrogen-bond acceptors (Lipinski definition) is 5. The minimum Gasteiger partial charge on any atom is -0.550 e. The SMILES string of the molecule is CCCCC(=O)[O-].[NH3+]CC(O)(O)O. The fourth-order valence-corrected chi connectivity index (χ4v) is 0.321. The van der Waals surface area contributed by atoms with Gasteiger partial charge in [0.25, 0.3) is 0 Å². The van der Waals surface area contributed by atoms with Crippen LogP contribution < -0.4 is 10.8 Å². The third kappa shape index (κ3) is 24.6. The first kappa shape index (κ1) is 14.8. The maximum absolute atomic E-state index is 9.65. The molecule has 0 aliphatic carbocycles. The maximum Gasteiger partial charge on any atom is 0.327 e. The van der Waals surface area contributed by atoms with Gasteiger partial charge in [-0.1, -0.05) is 13.3 Å². The Morgan fingerprint density at radius 2 is 1.85 bits per heavy atom. The largest absolute Gasteiger partial charge is 0.550 e. The molecular weight excluding hydrogens is 178 g/mol. The summed E-state index contributed by atoms with van der Waals surface area (Å²) in [5.74, 6) is -3.51. The van der Waals surface area contributed by atoms with Gasteiger partial charge in [0.2, 0.25) is 0 Å². The number of aliphatic carboxylic acids is 1. The van der Waals surface area contributed by atoms with Gasteiger partial charge in [0.1, 0.15) is 0 Å². The maximum atomic E-state index is 9.65. The van der Waals surface area contributed by atoms with Crippen molar-refractivity contribution >= 4 is 5.97 Å². The van der Waals surface area contributed by atoms with Gasteiger partial charge in [0.15, 0.2) is 6.54 Å². The monoisotopic (exact) mass is 195 g/mol. The van der Waals surface area contributed by atoms with Gasteiger partial charge in [0.05, 0.1) is 0 Å². The normalized spacial score (nSPS) is 10.2. The molecule has 0 aliphatic rings. The first-order chi connectivity index (χ1) is 5.83. The van der Waals surface area contributed by atoms with E-state index in [1.54, 1.807) is 0 Å². The molecule has 0 radical (unpaired) electrons. The molecule has 0 fully saturated rings. The number of aliphatic hydroxyl groups is 3. The zero-order valence-electron chi connectivity index (χ0n) is 7.69. The van der Waals surface area contributed by atoms with Gasteiger partial charge in [-0.05, 0) is 12.8 Å². The van der Waals surface area contributed by atoms with Crippen LogP contribution in [0.5, 0.6) is 0 Å². The number of unbranched alkanes of at least 4 members (excludes halogenated alkanes) is 1. The summed E-state index contributed by atoms with van der Waals surface area (Å²) in [6.45, 7) is 1.63. The molecule has 6 heteroatoms. The number of hydrogen-bond donors (Lipinski definition) is 4. The zero-order chi connectivity index (χ0) is 10.9. The molecule has 0 aromatic carbocycles. The van der Waals surface area contributed by atoms with Crippen LogP contribution in [0.15, 0.2) is 0 Å². The zero-order valence-corrected chi connectivity index (χ0v) is 7.69. The summed E-state index contributed by atoms with van der Waals surface area (Å²) in [6.07, 6.45) is 1.87. The number of carboxylic acids is 1. The van der Waals surface area contributed by atoms with E-state index in [1.807, 2.05) is 6.92 Å². The summed E-state index contributed by atoms with van der Waals surface area (Å²) >= 11 is 0. The lowest BCUT2D eigenvalue weighted by Gasteiger charge is -2.05. The number of carbonyl (C=O) groups is 1. The molecule has 6 nitrogen and oxygen atoms in total. The molecule has 0 rings (SSSR count). The molecule has 0 saturated carbocycles. The van der Waals surface area contributed by atoms with E-state index < -0.39 is 11.9 Å². The molecule has 0 atom stereocenters. The van der Waals surface area contributed by atoms with Crippen LogP contribution in [-0.4, -0.2) is 33.8 Å². The number of quaternary nitrogens is 1. The first-order valence-corrected chi connectivity index (χ1v) is 3.99. The Balaban J connectivity index is 0. The average Bonchev–Trinajstić information content (AvgIpc) is 2.01. The van der Waals surface area contributed by atoms with Crippen molar-refractivity contribution in [3.8, 4) is 0 Å². The van der Waals surface area contributed by atoms with Crippen molar-refractivity contribution < 1.29 is 31.0 Å². The summed E-state index contributed by atoms with van der Waals surface area (Å²) in [6, 6.07) is 0. The van der Waals surface area contributed by atoms with Gasteiger partial charge in [-0.3, -0.25) is 0 Å². The fourth-order valence-electron chi connectivity index (χ4n) is 0.321. The van der Waals surface area contributed by atoms with Gasteiger partial charge in [-0.15, -0.1) is 0 Å². The summed E-state index contributed by atoms with van der Waals surface area (Å²) in [4.78, 5) is 9.65. The third-order valence-corrected chi connectivity index (χ3v) is 1.07. The Bertz CT molecular complexity index is 131. The predicted octanol–water partition coefficient (Wildman–Crippen LogP) is -3.21. The highest BCUT2D eigenvalue weighted by Gasteiger charge is 2.16. The smallest absolute Gasteiger partial charge is 0.327 e. The highest BCUT2D eigenvalue weighted by Crippen LogP contribution is 1.89. The van der Waals surface area contributed by atoms with E-state index >= 15 is 0 Å². The van der Waals surface area contributed by atoms with Crippen LogP contribution in [0.2, 0.25) is 0 Å². The highest BCUT2D eigenvalue weighted by atomic mass is 16.7. The second-order valence-electron chi connectivity index (χ2n) is 2.50. The minimum absolute atomic E-state index is 0.205. The molecule has 0 spiro atoms. The van der Waals surface area contributed by atoms with Gasteiger partial charge in [-0.2, -0.15) is 0 Å². The lowest BCUT2D eigenvalue weighted by atomic mass is 10.3. The second kappa shape index (κ2) is 7.93. The van der Waals surface area contributed by atoms with E-state index in [1.165, 1.54) is 0 Å². The van der Waals surface area contributed by atoms with Gasteiger partial charge < -0.3 is 31.0 Å². The van der Waals surface area contributed by atoms with Crippen molar-refractivity contribution in [2.75, 3.05) is 6.54 Å². The van der Waals surface area contributed by atoms with Crippen LogP contribution in [0, 0.1) is 0 Å². The Labute approximate surface area is 76.6 Å². The summed E-state index contributed by atoms with van der Waals surface area (Å²) in [7, 11) is 0. The standard InChI is InChI=1S/C5H10O2.C2H7NO3/c1-2-3-4-5(6)7;3-1-2(4,5)6/h2-4H2,1H3,(H,6,7);4-6H,1,3H2. The molecule has 6 N–H and O–H groups in total. The molecule has 0 heterocycles. The first-order valence-electron chi connectivity index (χ1n) is 3.99. The minimum atomic E-state index is -2.57. The molecular formula is C7H17NO5.